The summed E-state index contributed by atoms with van der Waals surface area (Å²) in [7, 11) is 1.68. The van der Waals surface area contributed by atoms with Gasteiger partial charge in [-0.25, -0.2) is 0 Å². The first-order valence-corrected chi connectivity index (χ1v) is 6.24. The lowest BCUT2D eigenvalue weighted by Gasteiger charge is -2.22. The smallest absolute Gasteiger partial charge is 0.189 e. The Hall–Kier alpha value is -1.66. The third kappa shape index (κ3) is 4.50. The van der Waals surface area contributed by atoms with E-state index in [0.29, 0.717) is 24.8 Å². The molecule has 0 saturated carbocycles. The van der Waals surface area contributed by atoms with Crippen LogP contribution in [0.4, 0.5) is 0 Å². The van der Waals surface area contributed by atoms with Crippen molar-refractivity contribution in [3.8, 4) is 0 Å². The van der Waals surface area contributed by atoms with Gasteiger partial charge in [0.05, 0.1) is 6.61 Å². The Morgan fingerprint density at radius 2 is 2.32 bits per heavy atom. The van der Waals surface area contributed by atoms with E-state index in [4.69, 9.17) is 15.7 Å². The Bertz CT molecular complexity index is 421. The summed E-state index contributed by atoms with van der Waals surface area (Å²) in [4.78, 5) is 4.13. The number of methoxy groups -OCH3 is 1. The molecule has 1 aromatic heterocycles. The highest BCUT2D eigenvalue weighted by Gasteiger charge is 2.14. The van der Waals surface area contributed by atoms with Crippen LogP contribution in [0.5, 0.6) is 0 Å². The van der Waals surface area contributed by atoms with E-state index in [1.165, 1.54) is 0 Å². The van der Waals surface area contributed by atoms with Crippen molar-refractivity contribution in [1.82, 2.24) is 10.3 Å². The van der Waals surface area contributed by atoms with E-state index in [2.05, 4.69) is 29.3 Å². The van der Waals surface area contributed by atoms with Gasteiger partial charge in [0, 0.05) is 25.9 Å². The predicted molar refractivity (Wildman–Crippen MR) is 74.1 cm³/mol. The fraction of sp³-hybridized carbons (Fsp3) is 0.538. The number of pyridine rings is 1. The fourth-order valence-corrected chi connectivity index (χ4v) is 1.77. The zero-order valence-corrected chi connectivity index (χ0v) is 11.6. The summed E-state index contributed by atoms with van der Waals surface area (Å²) in [5, 5.41) is 15.1. The monoisotopic (exact) mass is 266 g/mol. The van der Waals surface area contributed by atoms with E-state index in [-0.39, 0.29) is 11.9 Å². The second-order valence-corrected chi connectivity index (χ2v) is 4.68. The first kappa shape index (κ1) is 15.4. The lowest BCUT2D eigenvalue weighted by Crippen LogP contribution is -2.37. The molecule has 106 valence electrons. The summed E-state index contributed by atoms with van der Waals surface area (Å²) >= 11 is 0. The summed E-state index contributed by atoms with van der Waals surface area (Å²) in [5.41, 5.74) is 6.99. The number of ether oxygens (including phenoxy) is 1. The van der Waals surface area contributed by atoms with Crippen LogP contribution < -0.4 is 11.1 Å². The van der Waals surface area contributed by atoms with Crippen LogP contribution in [-0.4, -0.2) is 35.8 Å². The molecule has 1 heterocycles. The Balaban J connectivity index is 2.77. The van der Waals surface area contributed by atoms with Crippen molar-refractivity contribution in [3.05, 3.63) is 29.6 Å². The zero-order chi connectivity index (χ0) is 14.3. The van der Waals surface area contributed by atoms with E-state index in [1.54, 1.807) is 13.3 Å². The van der Waals surface area contributed by atoms with Gasteiger partial charge in [-0.1, -0.05) is 25.1 Å². The first-order valence-electron chi connectivity index (χ1n) is 6.24. The predicted octanol–water partition coefficient (Wildman–Crippen LogP) is 0.937. The Morgan fingerprint density at radius 1 is 1.58 bits per heavy atom. The summed E-state index contributed by atoms with van der Waals surface area (Å²) in [6.07, 6.45) is 1.62. The maximum absolute atomic E-state index is 8.75. The molecule has 1 aromatic rings. The van der Waals surface area contributed by atoms with E-state index in [0.717, 1.165) is 5.56 Å². The quantitative estimate of drug-likeness (QED) is 0.295. The molecule has 0 radical (unpaired) electrons. The van der Waals surface area contributed by atoms with Crippen LogP contribution in [0.3, 0.4) is 0 Å². The lowest BCUT2D eigenvalue weighted by atomic mass is 10.0. The molecule has 0 aliphatic rings. The average molecular weight is 266 g/mol. The number of aromatic nitrogens is 1. The van der Waals surface area contributed by atoms with Gasteiger partial charge in [-0.05, 0) is 17.5 Å². The minimum Gasteiger partial charge on any atom is -0.409 e. The molecular formula is C13H22N4O2. The van der Waals surface area contributed by atoms with Crippen molar-refractivity contribution < 1.29 is 9.94 Å². The topological polar surface area (TPSA) is 92.8 Å². The molecule has 0 amide bonds. The molecule has 0 aliphatic heterocycles. The highest BCUT2D eigenvalue weighted by atomic mass is 16.5. The van der Waals surface area contributed by atoms with E-state index in [1.807, 2.05) is 12.1 Å². The molecule has 4 N–H and O–H groups in total. The van der Waals surface area contributed by atoms with Crippen LogP contribution in [0, 0.1) is 5.92 Å². The number of oxime groups is 1. The summed E-state index contributed by atoms with van der Waals surface area (Å²) in [6, 6.07) is 3.97. The second kappa shape index (κ2) is 7.70. The molecular weight excluding hydrogens is 244 g/mol. The van der Waals surface area contributed by atoms with Crippen LogP contribution in [0.25, 0.3) is 0 Å². The first-order chi connectivity index (χ1) is 9.10. The Kier molecular flexibility index (Phi) is 6.24. The van der Waals surface area contributed by atoms with Crippen LogP contribution in [0.2, 0.25) is 0 Å². The number of hydrogen-bond acceptors (Lipinski definition) is 5. The molecule has 6 nitrogen and oxygen atoms in total. The maximum atomic E-state index is 8.75. The number of nitrogens with two attached hydrogens (primary N) is 1. The molecule has 0 aliphatic carbocycles. The highest BCUT2D eigenvalue weighted by Crippen LogP contribution is 2.08. The number of nitrogens with one attached hydrogen (secondary N) is 1. The molecule has 0 spiro atoms. The fourth-order valence-electron chi connectivity index (χ4n) is 1.77. The zero-order valence-electron chi connectivity index (χ0n) is 11.6. The van der Waals surface area contributed by atoms with Gasteiger partial charge in [-0.3, -0.25) is 4.98 Å². The van der Waals surface area contributed by atoms with Crippen LogP contribution >= 0.6 is 0 Å². The van der Waals surface area contributed by atoms with Crippen molar-refractivity contribution in [1.29, 1.82) is 0 Å². The van der Waals surface area contributed by atoms with E-state index in [9.17, 15) is 0 Å². The largest absolute Gasteiger partial charge is 0.409 e. The van der Waals surface area contributed by atoms with Gasteiger partial charge in [0.25, 0.3) is 0 Å². The maximum Gasteiger partial charge on any atom is 0.189 e. The molecule has 1 rings (SSSR count). The third-order valence-electron chi connectivity index (χ3n) is 2.95. The van der Waals surface area contributed by atoms with Crippen molar-refractivity contribution >= 4 is 5.84 Å². The second-order valence-electron chi connectivity index (χ2n) is 4.68. The number of amidine groups is 1. The minimum atomic E-state index is 0.0187. The SMILES string of the molecule is COCC(NCc1cccnc1C(N)=NO)C(C)C. The molecule has 0 fully saturated rings. The van der Waals surface area contributed by atoms with Gasteiger partial charge < -0.3 is 21.0 Å². The molecule has 0 bridgehead atoms. The summed E-state index contributed by atoms with van der Waals surface area (Å²) < 4.78 is 5.19. The van der Waals surface area contributed by atoms with E-state index < -0.39 is 0 Å². The third-order valence-corrected chi connectivity index (χ3v) is 2.95. The van der Waals surface area contributed by atoms with E-state index >= 15 is 0 Å². The molecule has 1 atom stereocenters. The lowest BCUT2D eigenvalue weighted by molar-refractivity contribution is 0.146. The summed E-state index contributed by atoms with van der Waals surface area (Å²) in [6.45, 7) is 5.48. The molecule has 0 saturated heterocycles. The van der Waals surface area contributed by atoms with Gasteiger partial charge in [-0.2, -0.15) is 0 Å². The molecule has 1 unspecified atom stereocenters. The highest BCUT2D eigenvalue weighted by molar-refractivity contribution is 5.96. The Morgan fingerprint density at radius 3 is 2.89 bits per heavy atom. The normalized spacial score (nSPS) is 13.8. The van der Waals surface area contributed by atoms with Gasteiger partial charge in [0.1, 0.15) is 5.69 Å². The van der Waals surface area contributed by atoms with Crippen molar-refractivity contribution in [2.24, 2.45) is 16.8 Å². The van der Waals surface area contributed by atoms with Crippen molar-refractivity contribution in [2.75, 3.05) is 13.7 Å². The van der Waals surface area contributed by atoms with Gasteiger partial charge in [-0.15, -0.1) is 0 Å². The molecule has 6 heteroatoms. The number of hydrogen-bond donors (Lipinski definition) is 3. The minimum absolute atomic E-state index is 0.0187. The molecule has 0 aromatic carbocycles. The Labute approximate surface area is 113 Å². The number of rotatable bonds is 7. The summed E-state index contributed by atoms with van der Waals surface area (Å²) in [5.74, 6) is 0.467. The van der Waals surface area contributed by atoms with Crippen molar-refractivity contribution in [2.45, 2.75) is 26.4 Å². The van der Waals surface area contributed by atoms with Gasteiger partial charge in [0.2, 0.25) is 0 Å². The van der Waals surface area contributed by atoms with Crippen LogP contribution in [0.1, 0.15) is 25.1 Å². The average Bonchev–Trinajstić information content (AvgIpc) is 2.42. The van der Waals surface area contributed by atoms with Crippen LogP contribution in [-0.2, 0) is 11.3 Å². The van der Waals surface area contributed by atoms with Crippen LogP contribution in [0.15, 0.2) is 23.5 Å². The van der Waals surface area contributed by atoms with Gasteiger partial charge in [0.15, 0.2) is 5.84 Å². The standard InChI is InChI=1S/C13H22N4O2/c1-9(2)11(8-19-3)16-7-10-5-4-6-15-12(10)13(14)17-18/h4-6,9,11,16,18H,7-8H2,1-3H3,(H2,14,17). The number of nitrogens with zero attached hydrogens (tertiary/aromatic N) is 2. The molecule has 19 heavy (non-hydrogen) atoms. The van der Waals surface area contributed by atoms with Gasteiger partial charge >= 0.3 is 0 Å². The van der Waals surface area contributed by atoms with Crippen molar-refractivity contribution in [3.63, 3.8) is 0 Å².